The second-order valence-corrected chi connectivity index (χ2v) is 21.4. The van der Waals surface area contributed by atoms with Crippen LogP contribution in [0, 0.1) is 0 Å². The molecule has 81 heavy (non-hydrogen) atoms. The van der Waals surface area contributed by atoms with Gasteiger partial charge in [0.15, 0.2) is 23.0 Å². The first kappa shape index (κ1) is 52.2. The van der Waals surface area contributed by atoms with Crippen LogP contribution in [-0.2, 0) is 29.2 Å². The first-order valence-corrected chi connectivity index (χ1v) is 27.4. The van der Waals surface area contributed by atoms with E-state index in [1.165, 1.54) is 4.57 Å². The van der Waals surface area contributed by atoms with E-state index in [0.29, 0.717) is 78.1 Å². The Labute approximate surface area is 469 Å². The number of hydrogen-bond acceptors (Lipinski definition) is 11. The van der Waals surface area contributed by atoms with Crippen molar-refractivity contribution in [3.05, 3.63) is 204 Å². The van der Waals surface area contributed by atoms with Gasteiger partial charge in [-0.05, 0) is 98.1 Å². The molecule has 4 aliphatic rings. The molecule has 0 atom stereocenters. The first-order valence-electron chi connectivity index (χ1n) is 27.4. The van der Waals surface area contributed by atoms with Crippen molar-refractivity contribution >= 4 is 68.6 Å². The minimum atomic E-state index is -0.667. The molecule has 0 unspecified atom stereocenters. The van der Waals surface area contributed by atoms with Crippen LogP contribution in [0.25, 0.3) is 21.8 Å². The van der Waals surface area contributed by atoms with Gasteiger partial charge in [0.1, 0.15) is 12.2 Å². The van der Waals surface area contributed by atoms with Crippen LogP contribution < -0.4 is 34.4 Å². The zero-order valence-corrected chi connectivity index (χ0v) is 45.5. The van der Waals surface area contributed by atoms with Crippen LogP contribution in [-0.4, -0.2) is 96.4 Å². The lowest BCUT2D eigenvalue weighted by atomic mass is 10.1. The molecule has 0 bridgehead atoms. The Morgan fingerprint density at radius 2 is 1.07 bits per heavy atom. The van der Waals surface area contributed by atoms with Crippen molar-refractivity contribution in [1.29, 1.82) is 0 Å². The summed E-state index contributed by atoms with van der Waals surface area (Å²) < 4.78 is 25.8. The number of ether oxygens (including phenoxy) is 4. The Morgan fingerprint density at radius 1 is 0.543 bits per heavy atom. The van der Waals surface area contributed by atoms with E-state index in [4.69, 9.17) is 18.9 Å². The quantitative estimate of drug-likeness (QED) is 0.149. The molecule has 7 aromatic carbocycles. The minimum Gasteiger partial charge on any atom is -0.452 e. The number of anilines is 4. The van der Waals surface area contributed by atoms with Crippen molar-refractivity contribution in [3.8, 4) is 23.0 Å². The molecule has 3 amide bonds. The second-order valence-electron chi connectivity index (χ2n) is 21.4. The third-order valence-corrected chi connectivity index (χ3v) is 14.9. The molecule has 2 N–H and O–H groups in total. The largest absolute Gasteiger partial charge is 0.452 e. The van der Waals surface area contributed by atoms with Crippen LogP contribution in [0.2, 0.25) is 0 Å². The molecule has 2 saturated heterocycles. The van der Waals surface area contributed by atoms with Gasteiger partial charge >= 0.3 is 12.2 Å². The zero-order chi connectivity index (χ0) is 55.6. The highest BCUT2D eigenvalue weighted by Crippen LogP contribution is 2.46. The summed E-state index contributed by atoms with van der Waals surface area (Å²) in [4.78, 5) is 67.4. The summed E-state index contributed by atoms with van der Waals surface area (Å²) in [6, 6.07) is 52.1. The molecule has 0 radical (unpaired) electrons. The molecule has 16 heteroatoms. The minimum absolute atomic E-state index is 0.0489. The molecular weight excluding hydrogens is 1020 g/mol. The highest BCUT2D eigenvalue weighted by Gasteiger charge is 2.35. The number of carbonyl (C=O) groups excluding carboxylic acids is 4. The number of aromatic nitrogens is 2. The van der Waals surface area contributed by atoms with Crippen LogP contribution in [0.5, 0.6) is 23.0 Å². The van der Waals surface area contributed by atoms with Crippen molar-refractivity contribution < 1.29 is 38.1 Å². The summed E-state index contributed by atoms with van der Waals surface area (Å²) in [5.74, 6) is 2.08. The zero-order valence-electron chi connectivity index (χ0n) is 45.5. The number of fused-ring (bicyclic) bond motifs is 6. The van der Waals surface area contributed by atoms with Crippen LogP contribution >= 0.6 is 0 Å². The highest BCUT2D eigenvalue weighted by atomic mass is 16.6. The Morgan fingerprint density at radius 3 is 1.70 bits per heavy atom. The molecule has 6 heterocycles. The Bertz CT molecular complexity index is 3820. The maximum absolute atomic E-state index is 14.5. The lowest BCUT2D eigenvalue weighted by Crippen LogP contribution is -2.49. The molecule has 2 fully saturated rings. The number of nitrogens with zero attached hydrogens (tertiary/aromatic N) is 6. The van der Waals surface area contributed by atoms with E-state index in [2.05, 4.69) is 38.3 Å². The Kier molecular flexibility index (Phi) is 14.4. The number of amides is 3. The van der Waals surface area contributed by atoms with E-state index >= 15 is 0 Å². The van der Waals surface area contributed by atoms with Gasteiger partial charge in [-0.3, -0.25) is 14.2 Å². The van der Waals surface area contributed by atoms with Gasteiger partial charge in [-0.25, -0.2) is 9.59 Å². The summed E-state index contributed by atoms with van der Waals surface area (Å²) in [6.07, 6.45) is 2.91. The number of piperazine rings is 2. The highest BCUT2D eigenvalue weighted by molar-refractivity contribution is 6.12. The Balaban J connectivity index is 0.000000175. The molecule has 9 aromatic rings. The molecule has 0 aliphatic carbocycles. The summed E-state index contributed by atoms with van der Waals surface area (Å²) in [5, 5.41) is 5.36. The fraction of sp³-hybridized carbons (Fsp3) is 0.231. The van der Waals surface area contributed by atoms with Gasteiger partial charge in [-0.2, -0.15) is 0 Å². The van der Waals surface area contributed by atoms with Crippen molar-refractivity contribution in [2.75, 3.05) is 72.0 Å². The van der Waals surface area contributed by atoms with Crippen LogP contribution in [0.4, 0.5) is 32.3 Å². The number of carbonyl (C=O) groups is 4. The number of H-pyrrole nitrogens is 1. The normalized spacial score (nSPS) is 15.0. The maximum atomic E-state index is 14.5. The van der Waals surface area contributed by atoms with Crippen LogP contribution in [0.3, 0.4) is 0 Å². The van der Waals surface area contributed by atoms with E-state index < -0.39 is 11.7 Å². The lowest BCUT2D eigenvalue weighted by molar-refractivity contribution is 0.0543. The summed E-state index contributed by atoms with van der Waals surface area (Å²) in [5.41, 5.74) is 8.07. The average molecular weight is 1080 g/mol. The molecule has 2 aromatic heterocycles. The third-order valence-electron chi connectivity index (χ3n) is 14.9. The van der Waals surface area contributed by atoms with Gasteiger partial charge in [0, 0.05) is 81.0 Å². The summed E-state index contributed by atoms with van der Waals surface area (Å²) in [6.45, 7) is 12.0. The summed E-state index contributed by atoms with van der Waals surface area (Å²) in [7, 11) is 0. The average Bonchev–Trinajstić information content (AvgIpc) is 4.23. The van der Waals surface area contributed by atoms with E-state index in [1.807, 2.05) is 171 Å². The molecule has 4 aliphatic heterocycles. The smallest absolute Gasteiger partial charge is 0.419 e. The number of benzene rings is 7. The van der Waals surface area contributed by atoms with E-state index in [1.54, 1.807) is 22.1 Å². The number of hydrogen-bond donors (Lipinski definition) is 2. The standard InChI is InChI=1S/C39H38N4O6.C26H24N4O2/c1-39(2,3)49-38(46)43-25-28(29-14-7-8-16-31(29)43)24-42-32-17-9-10-19-34(32)48-35-30(36(42)44)15-11-18-33(35)40-20-22-41(23-21-40)37(45)47-26-27-12-5-4-6-13-27;31-26-20-7-5-10-23(29-14-12-27-13-15-29)25(20)32-24-11-4-3-9-22(24)30(26)17-18-16-28-21-8-2-1-6-19(18)21/h4-19,25H,20-24,26H2,1-3H3;1-11,16,27-28H,12-15,17H2. The first-order chi connectivity index (χ1) is 39.5. The molecule has 0 saturated carbocycles. The molecular formula is C65H62N8O8. The van der Waals surface area contributed by atoms with Crippen molar-refractivity contribution in [3.63, 3.8) is 0 Å². The fourth-order valence-corrected chi connectivity index (χ4v) is 11.0. The summed E-state index contributed by atoms with van der Waals surface area (Å²) >= 11 is 0. The monoisotopic (exact) mass is 1080 g/mol. The fourth-order valence-electron chi connectivity index (χ4n) is 11.0. The van der Waals surface area contributed by atoms with Gasteiger partial charge in [-0.1, -0.05) is 103 Å². The number of aromatic amines is 1. The predicted octanol–water partition coefficient (Wildman–Crippen LogP) is 12.4. The SMILES string of the molecule is CC(C)(C)OC(=O)n1cc(CN2C(=O)c3cccc(N4CCN(C(=O)OCc5ccccc5)CC4)c3Oc3ccccc32)c2ccccc21.O=C1c2cccc(N3CCNCC3)c2Oc2ccccc2N1Cc1c[nH]c2ccccc12. The Hall–Kier alpha value is -9.54. The number of nitrogens with one attached hydrogen (secondary N) is 2. The van der Waals surface area contributed by atoms with Crippen molar-refractivity contribution in [2.24, 2.45) is 0 Å². The lowest BCUT2D eigenvalue weighted by Gasteiger charge is -2.36. The van der Waals surface area contributed by atoms with Crippen LogP contribution in [0.1, 0.15) is 58.2 Å². The van der Waals surface area contributed by atoms with Gasteiger partial charge in [0.05, 0.1) is 52.5 Å². The molecule has 13 rings (SSSR count). The predicted molar refractivity (Wildman–Crippen MR) is 314 cm³/mol. The number of para-hydroxylation sites is 8. The van der Waals surface area contributed by atoms with Gasteiger partial charge < -0.3 is 53.7 Å². The third kappa shape index (κ3) is 10.7. The second kappa shape index (κ2) is 22.3. The van der Waals surface area contributed by atoms with E-state index in [-0.39, 0.29) is 31.1 Å². The molecule has 410 valence electrons. The number of rotatable bonds is 8. The topological polar surface area (TPSA) is 154 Å². The maximum Gasteiger partial charge on any atom is 0.419 e. The van der Waals surface area contributed by atoms with Gasteiger partial charge in [-0.15, -0.1) is 0 Å². The van der Waals surface area contributed by atoms with Crippen LogP contribution in [0.15, 0.2) is 176 Å². The van der Waals surface area contributed by atoms with E-state index in [9.17, 15) is 19.2 Å². The van der Waals surface area contributed by atoms with Crippen molar-refractivity contribution in [1.82, 2.24) is 19.8 Å². The van der Waals surface area contributed by atoms with Gasteiger partial charge in [0.2, 0.25) is 0 Å². The molecule has 16 nitrogen and oxygen atoms in total. The van der Waals surface area contributed by atoms with E-state index in [0.717, 1.165) is 76.2 Å². The van der Waals surface area contributed by atoms with Gasteiger partial charge in [0.25, 0.3) is 11.8 Å². The van der Waals surface area contributed by atoms with Crippen molar-refractivity contribution in [2.45, 2.75) is 46.1 Å². The molecule has 0 spiro atoms.